The molecule has 5 heteroatoms. The Morgan fingerprint density at radius 1 is 1.44 bits per heavy atom. The van der Waals surface area contributed by atoms with Crippen LogP contribution in [0.2, 0.25) is 0 Å². The Morgan fingerprint density at radius 2 is 2.11 bits per heavy atom. The van der Waals surface area contributed by atoms with Gasteiger partial charge < -0.3 is 14.6 Å². The van der Waals surface area contributed by atoms with E-state index in [0.29, 0.717) is 24.7 Å². The van der Waals surface area contributed by atoms with E-state index in [2.05, 4.69) is 15.9 Å². The number of benzene rings is 1. The third-order valence-electron chi connectivity index (χ3n) is 2.82. The first-order chi connectivity index (χ1) is 8.50. The van der Waals surface area contributed by atoms with Gasteiger partial charge in [0.2, 0.25) is 0 Å². The van der Waals surface area contributed by atoms with Crippen LogP contribution in [0.25, 0.3) is 0 Å². The molecule has 0 amide bonds. The molecule has 0 fully saturated rings. The highest BCUT2D eigenvalue weighted by molar-refractivity contribution is 9.10. The molecule has 1 aromatic rings. The molecule has 4 nitrogen and oxygen atoms in total. The van der Waals surface area contributed by atoms with Crippen LogP contribution < -0.4 is 9.47 Å². The van der Waals surface area contributed by atoms with Crippen LogP contribution in [0.1, 0.15) is 30.9 Å². The van der Waals surface area contributed by atoms with Gasteiger partial charge in [-0.05, 0) is 39.0 Å². The second-order valence-electron chi connectivity index (χ2n) is 4.51. The topological polar surface area (TPSA) is 55.8 Å². The van der Waals surface area contributed by atoms with Crippen molar-refractivity contribution in [3.05, 3.63) is 21.7 Å². The maximum absolute atomic E-state index is 10.9. The first kappa shape index (κ1) is 13.2. The van der Waals surface area contributed by atoms with E-state index in [0.717, 1.165) is 15.6 Å². The zero-order chi connectivity index (χ0) is 13.3. The molecule has 0 saturated carbocycles. The summed E-state index contributed by atoms with van der Waals surface area (Å²) in [5, 5.41) is 8.98. The molecule has 0 atom stereocenters. The average molecular weight is 315 g/mol. The smallest absolute Gasteiger partial charge is 0.307 e. The standard InChI is InChI=1S/C13H15BrO4/c1-7(2)11-8(6-10(15)16)5-9-13(12(11)14)18-4-3-17-9/h5,7H,3-4,6H2,1-2H3,(H,15,16). The van der Waals surface area contributed by atoms with Crippen LogP contribution in [0.5, 0.6) is 11.5 Å². The van der Waals surface area contributed by atoms with Crippen LogP contribution in [0, 0.1) is 0 Å². The van der Waals surface area contributed by atoms with Gasteiger partial charge in [0.05, 0.1) is 10.9 Å². The monoisotopic (exact) mass is 314 g/mol. The molecule has 0 saturated heterocycles. The SMILES string of the molecule is CC(C)c1c(CC(=O)O)cc2c(c1Br)OCCO2. The number of rotatable bonds is 3. The number of fused-ring (bicyclic) bond motifs is 1. The van der Waals surface area contributed by atoms with Crippen LogP contribution in [0.15, 0.2) is 10.5 Å². The van der Waals surface area contributed by atoms with Crippen LogP contribution >= 0.6 is 15.9 Å². The van der Waals surface area contributed by atoms with Crippen molar-refractivity contribution in [3.63, 3.8) is 0 Å². The van der Waals surface area contributed by atoms with Crippen molar-refractivity contribution < 1.29 is 19.4 Å². The zero-order valence-electron chi connectivity index (χ0n) is 10.3. The Hall–Kier alpha value is -1.23. The number of hydrogen-bond donors (Lipinski definition) is 1. The van der Waals surface area contributed by atoms with Crippen molar-refractivity contribution in [2.45, 2.75) is 26.2 Å². The molecule has 0 aliphatic carbocycles. The summed E-state index contributed by atoms with van der Waals surface area (Å²) < 4.78 is 11.9. The largest absolute Gasteiger partial charge is 0.486 e. The van der Waals surface area contributed by atoms with Crippen LogP contribution in [0.3, 0.4) is 0 Å². The summed E-state index contributed by atoms with van der Waals surface area (Å²) in [5.74, 6) is 0.665. The third-order valence-corrected chi connectivity index (χ3v) is 3.60. The summed E-state index contributed by atoms with van der Waals surface area (Å²) in [6.45, 7) is 5.07. The highest BCUT2D eigenvalue weighted by Crippen LogP contribution is 2.44. The Balaban J connectivity index is 2.57. The predicted molar refractivity (Wildman–Crippen MR) is 70.6 cm³/mol. The van der Waals surface area contributed by atoms with Gasteiger partial charge in [0, 0.05) is 0 Å². The van der Waals surface area contributed by atoms with Crippen molar-refractivity contribution in [1.82, 2.24) is 0 Å². The van der Waals surface area contributed by atoms with E-state index in [-0.39, 0.29) is 12.3 Å². The molecule has 0 bridgehead atoms. The molecule has 0 radical (unpaired) electrons. The molecule has 0 spiro atoms. The van der Waals surface area contributed by atoms with E-state index in [1.54, 1.807) is 6.07 Å². The molecule has 1 heterocycles. The Morgan fingerprint density at radius 3 is 2.72 bits per heavy atom. The van der Waals surface area contributed by atoms with Gasteiger partial charge in [0.1, 0.15) is 13.2 Å². The molecule has 1 aromatic carbocycles. The van der Waals surface area contributed by atoms with Crippen molar-refractivity contribution in [1.29, 1.82) is 0 Å². The fourth-order valence-electron chi connectivity index (χ4n) is 2.14. The number of carbonyl (C=O) groups is 1. The molecule has 1 N–H and O–H groups in total. The Bertz CT molecular complexity index is 482. The molecule has 0 unspecified atom stereocenters. The van der Waals surface area contributed by atoms with E-state index >= 15 is 0 Å². The summed E-state index contributed by atoms with van der Waals surface area (Å²) in [6.07, 6.45) is -0.0112. The number of hydrogen-bond acceptors (Lipinski definition) is 3. The number of carboxylic acids is 1. The lowest BCUT2D eigenvalue weighted by Gasteiger charge is -2.24. The van der Waals surface area contributed by atoms with Gasteiger partial charge in [-0.15, -0.1) is 0 Å². The molecule has 98 valence electrons. The van der Waals surface area contributed by atoms with Crippen molar-refractivity contribution in [2.75, 3.05) is 13.2 Å². The maximum Gasteiger partial charge on any atom is 0.307 e. The number of ether oxygens (including phenoxy) is 2. The fraction of sp³-hybridized carbons (Fsp3) is 0.462. The zero-order valence-corrected chi connectivity index (χ0v) is 11.9. The van der Waals surface area contributed by atoms with E-state index in [1.165, 1.54) is 0 Å². The first-order valence-electron chi connectivity index (χ1n) is 5.83. The minimum atomic E-state index is -0.847. The maximum atomic E-state index is 10.9. The summed E-state index contributed by atoms with van der Waals surface area (Å²) in [5.41, 5.74) is 1.75. The average Bonchev–Trinajstić information content (AvgIpc) is 2.27. The van der Waals surface area contributed by atoms with Crippen molar-refractivity contribution >= 4 is 21.9 Å². The van der Waals surface area contributed by atoms with E-state index in [1.807, 2.05) is 13.8 Å². The summed E-state index contributed by atoms with van der Waals surface area (Å²) in [6, 6.07) is 1.78. The van der Waals surface area contributed by atoms with Gasteiger partial charge in [-0.25, -0.2) is 0 Å². The highest BCUT2D eigenvalue weighted by atomic mass is 79.9. The second-order valence-corrected chi connectivity index (χ2v) is 5.31. The number of carboxylic acid groups (broad SMARTS) is 1. The lowest BCUT2D eigenvalue weighted by molar-refractivity contribution is -0.136. The van der Waals surface area contributed by atoms with E-state index in [9.17, 15) is 4.79 Å². The molecule has 18 heavy (non-hydrogen) atoms. The molecule has 1 aliphatic rings. The lowest BCUT2D eigenvalue weighted by atomic mass is 9.94. The number of aliphatic carboxylic acids is 1. The quantitative estimate of drug-likeness (QED) is 0.932. The first-order valence-corrected chi connectivity index (χ1v) is 6.62. The minimum Gasteiger partial charge on any atom is -0.486 e. The van der Waals surface area contributed by atoms with Gasteiger partial charge in [0.15, 0.2) is 11.5 Å². The van der Waals surface area contributed by atoms with Gasteiger partial charge in [-0.1, -0.05) is 13.8 Å². The summed E-state index contributed by atoms with van der Waals surface area (Å²) in [4.78, 5) is 10.9. The number of halogens is 1. The summed E-state index contributed by atoms with van der Waals surface area (Å²) >= 11 is 3.51. The lowest BCUT2D eigenvalue weighted by Crippen LogP contribution is -2.17. The predicted octanol–water partition coefficient (Wildman–Crippen LogP) is 2.97. The minimum absolute atomic E-state index is 0.0112. The molecule has 2 rings (SSSR count). The molecular formula is C13H15BrO4. The van der Waals surface area contributed by atoms with Crippen LogP contribution in [-0.4, -0.2) is 24.3 Å². The van der Waals surface area contributed by atoms with Gasteiger partial charge >= 0.3 is 5.97 Å². The van der Waals surface area contributed by atoms with Crippen LogP contribution in [0.4, 0.5) is 0 Å². The third kappa shape index (κ3) is 2.46. The molecule has 0 aromatic heterocycles. The van der Waals surface area contributed by atoms with E-state index < -0.39 is 5.97 Å². The van der Waals surface area contributed by atoms with Crippen molar-refractivity contribution in [2.24, 2.45) is 0 Å². The molecule has 1 aliphatic heterocycles. The fourth-order valence-corrected chi connectivity index (χ4v) is 3.17. The Kier molecular flexibility index (Phi) is 3.80. The second kappa shape index (κ2) is 5.18. The summed E-state index contributed by atoms with van der Waals surface area (Å²) in [7, 11) is 0. The van der Waals surface area contributed by atoms with Gasteiger partial charge in [0.25, 0.3) is 0 Å². The van der Waals surface area contributed by atoms with Gasteiger partial charge in [-0.2, -0.15) is 0 Å². The Labute approximate surface area is 114 Å². The van der Waals surface area contributed by atoms with Crippen LogP contribution in [-0.2, 0) is 11.2 Å². The van der Waals surface area contributed by atoms with E-state index in [4.69, 9.17) is 14.6 Å². The van der Waals surface area contributed by atoms with Crippen molar-refractivity contribution in [3.8, 4) is 11.5 Å². The highest BCUT2D eigenvalue weighted by Gasteiger charge is 2.23. The molecular weight excluding hydrogens is 300 g/mol. The normalized spacial score (nSPS) is 13.8. The van der Waals surface area contributed by atoms with Gasteiger partial charge in [-0.3, -0.25) is 4.79 Å².